The van der Waals surface area contributed by atoms with Crippen LogP contribution in [0.25, 0.3) is 11.3 Å². The fraction of sp³-hybridized carbons (Fsp3) is 0.0556. The summed E-state index contributed by atoms with van der Waals surface area (Å²) < 4.78 is 13.1. The third-order valence-electron chi connectivity index (χ3n) is 3.33. The first-order valence-electron chi connectivity index (χ1n) is 7.11. The van der Waals surface area contributed by atoms with Crippen molar-refractivity contribution in [2.24, 2.45) is 0 Å². The molecule has 0 fully saturated rings. The number of halogens is 1. The number of pyridine rings is 2. The van der Waals surface area contributed by atoms with E-state index in [1.54, 1.807) is 36.7 Å². The second-order valence-corrected chi connectivity index (χ2v) is 4.99. The summed E-state index contributed by atoms with van der Waals surface area (Å²) in [5.74, 6) is -0.571. The molecule has 23 heavy (non-hydrogen) atoms. The lowest BCUT2D eigenvalue weighted by Crippen LogP contribution is -2.22. The molecule has 0 unspecified atom stereocenters. The Balaban J connectivity index is 1.66. The maximum Gasteiger partial charge on any atom is 0.253 e. The topological polar surface area (TPSA) is 54.9 Å². The number of carbonyl (C=O) groups excluding carboxylic acids is 1. The molecule has 3 aromatic rings. The first-order valence-corrected chi connectivity index (χ1v) is 7.11. The third kappa shape index (κ3) is 3.77. The molecular formula is C18H14FN3O. The normalized spacial score (nSPS) is 10.3. The van der Waals surface area contributed by atoms with E-state index in [9.17, 15) is 9.18 Å². The van der Waals surface area contributed by atoms with Gasteiger partial charge in [-0.15, -0.1) is 0 Å². The van der Waals surface area contributed by atoms with Gasteiger partial charge in [0.1, 0.15) is 5.82 Å². The van der Waals surface area contributed by atoms with Crippen LogP contribution in [0.4, 0.5) is 4.39 Å². The van der Waals surface area contributed by atoms with Crippen LogP contribution in [0.1, 0.15) is 15.9 Å². The van der Waals surface area contributed by atoms with Crippen molar-refractivity contribution < 1.29 is 9.18 Å². The zero-order valence-corrected chi connectivity index (χ0v) is 12.2. The maximum atomic E-state index is 13.1. The van der Waals surface area contributed by atoms with Crippen molar-refractivity contribution >= 4 is 5.91 Å². The van der Waals surface area contributed by atoms with Crippen molar-refractivity contribution in [1.29, 1.82) is 0 Å². The van der Waals surface area contributed by atoms with Gasteiger partial charge in [-0.25, -0.2) is 4.39 Å². The Morgan fingerprint density at radius 1 is 1.09 bits per heavy atom. The Morgan fingerprint density at radius 2 is 2.00 bits per heavy atom. The second kappa shape index (κ2) is 6.79. The summed E-state index contributed by atoms with van der Waals surface area (Å²) in [5.41, 5.74) is 2.80. The van der Waals surface area contributed by atoms with Gasteiger partial charge in [-0.1, -0.05) is 12.1 Å². The molecule has 0 aliphatic rings. The molecular weight excluding hydrogens is 293 g/mol. The van der Waals surface area contributed by atoms with Gasteiger partial charge in [0.05, 0.1) is 11.3 Å². The zero-order valence-electron chi connectivity index (χ0n) is 12.2. The molecule has 0 saturated heterocycles. The number of amides is 1. The van der Waals surface area contributed by atoms with Crippen LogP contribution < -0.4 is 5.32 Å². The average molecular weight is 307 g/mol. The van der Waals surface area contributed by atoms with Crippen molar-refractivity contribution in [3.63, 3.8) is 0 Å². The minimum absolute atomic E-state index is 0.250. The van der Waals surface area contributed by atoms with Crippen molar-refractivity contribution in [3.05, 3.63) is 84.1 Å². The van der Waals surface area contributed by atoms with Crippen molar-refractivity contribution in [3.8, 4) is 11.3 Å². The molecule has 0 saturated carbocycles. The lowest BCUT2D eigenvalue weighted by atomic mass is 10.1. The van der Waals surface area contributed by atoms with E-state index in [2.05, 4.69) is 15.3 Å². The van der Waals surface area contributed by atoms with Gasteiger partial charge in [0.15, 0.2) is 0 Å². The summed E-state index contributed by atoms with van der Waals surface area (Å²) >= 11 is 0. The smallest absolute Gasteiger partial charge is 0.253 e. The number of nitrogens with one attached hydrogen (secondary N) is 1. The van der Waals surface area contributed by atoms with Crippen LogP contribution in [0.5, 0.6) is 0 Å². The van der Waals surface area contributed by atoms with Crippen molar-refractivity contribution in [2.45, 2.75) is 6.54 Å². The van der Waals surface area contributed by atoms with Gasteiger partial charge in [0.25, 0.3) is 5.91 Å². The molecule has 5 heteroatoms. The van der Waals surface area contributed by atoms with E-state index in [1.807, 2.05) is 12.1 Å². The molecule has 0 aliphatic carbocycles. The Hall–Kier alpha value is -3.08. The molecule has 1 amide bonds. The predicted molar refractivity (Wildman–Crippen MR) is 85.0 cm³/mol. The van der Waals surface area contributed by atoms with Gasteiger partial charge in [0, 0.05) is 30.7 Å². The summed E-state index contributed by atoms with van der Waals surface area (Å²) in [6.07, 6.45) is 4.92. The summed E-state index contributed by atoms with van der Waals surface area (Å²) in [6, 6.07) is 13.3. The van der Waals surface area contributed by atoms with Crippen molar-refractivity contribution in [2.75, 3.05) is 0 Å². The fourth-order valence-electron chi connectivity index (χ4n) is 2.14. The Labute approximate surface area is 133 Å². The van der Waals surface area contributed by atoms with Crippen LogP contribution in [-0.4, -0.2) is 15.9 Å². The highest BCUT2D eigenvalue weighted by Crippen LogP contribution is 2.15. The van der Waals surface area contributed by atoms with Crippen LogP contribution in [0.2, 0.25) is 0 Å². The standard InChI is InChI=1S/C18H14FN3O/c19-16-5-1-3-13(9-16)10-22-18(23)15-6-7-17(21-12-15)14-4-2-8-20-11-14/h1-9,11-12H,10H2,(H,22,23). The van der Waals surface area contributed by atoms with Gasteiger partial charge in [0.2, 0.25) is 0 Å². The monoisotopic (exact) mass is 307 g/mol. The van der Waals surface area contributed by atoms with E-state index in [0.29, 0.717) is 11.1 Å². The quantitative estimate of drug-likeness (QED) is 0.805. The van der Waals surface area contributed by atoms with E-state index in [1.165, 1.54) is 18.3 Å². The van der Waals surface area contributed by atoms with Gasteiger partial charge in [-0.3, -0.25) is 14.8 Å². The number of aromatic nitrogens is 2. The van der Waals surface area contributed by atoms with E-state index in [4.69, 9.17) is 0 Å². The van der Waals surface area contributed by atoms with Crippen LogP contribution >= 0.6 is 0 Å². The first-order chi connectivity index (χ1) is 11.2. The SMILES string of the molecule is O=C(NCc1cccc(F)c1)c1ccc(-c2cccnc2)nc1. The molecule has 0 spiro atoms. The molecule has 3 rings (SSSR count). The molecule has 0 radical (unpaired) electrons. The van der Waals surface area contributed by atoms with Crippen LogP contribution in [0.3, 0.4) is 0 Å². The number of carbonyl (C=O) groups is 1. The second-order valence-electron chi connectivity index (χ2n) is 4.99. The summed E-state index contributed by atoms with van der Waals surface area (Å²) in [5, 5.41) is 2.74. The lowest BCUT2D eigenvalue weighted by molar-refractivity contribution is 0.0950. The molecule has 2 heterocycles. The molecule has 2 aromatic heterocycles. The highest BCUT2D eigenvalue weighted by molar-refractivity contribution is 5.94. The zero-order chi connectivity index (χ0) is 16.1. The summed E-state index contributed by atoms with van der Waals surface area (Å²) in [6.45, 7) is 0.265. The van der Waals surface area contributed by atoms with Crippen LogP contribution in [0, 0.1) is 5.82 Å². The Morgan fingerprint density at radius 3 is 2.70 bits per heavy atom. The fourth-order valence-corrected chi connectivity index (χ4v) is 2.14. The minimum Gasteiger partial charge on any atom is -0.348 e. The Kier molecular flexibility index (Phi) is 4.38. The molecule has 1 N–H and O–H groups in total. The largest absolute Gasteiger partial charge is 0.348 e. The van der Waals surface area contributed by atoms with Gasteiger partial charge >= 0.3 is 0 Å². The molecule has 0 bridgehead atoms. The Bertz CT molecular complexity index is 804. The van der Waals surface area contributed by atoms with Crippen molar-refractivity contribution in [1.82, 2.24) is 15.3 Å². The number of hydrogen-bond donors (Lipinski definition) is 1. The molecule has 0 atom stereocenters. The molecule has 1 aromatic carbocycles. The highest BCUT2D eigenvalue weighted by atomic mass is 19.1. The van der Waals surface area contributed by atoms with Gasteiger partial charge in [-0.2, -0.15) is 0 Å². The number of hydrogen-bond acceptors (Lipinski definition) is 3. The van der Waals surface area contributed by atoms with E-state index < -0.39 is 0 Å². The lowest BCUT2D eigenvalue weighted by Gasteiger charge is -2.06. The molecule has 0 aliphatic heterocycles. The summed E-state index contributed by atoms with van der Waals surface area (Å²) in [7, 11) is 0. The first kappa shape index (κ1) is 14.8. The van der Waals surface area contributed by atoms with Crippen LogP contribution in [0.15, 0.2) is 67.1 Å². The number of nitrogens with zero attached hydrogens (tertiary/aromatic N) is 2. The minimum atomic E-state index is -0.320. The van der Waals surface area contributed by atoms with Gasteiger partial charge in [-0.05, 0) is 42.0 Å². The molecule has 4 nitrogen and oxygen atoms in total. The molecule has 114 valence electrons. The maximum absolute atomic E-state index is 13.1. The highest BCUT2D eigenvalue weighted by Gasteiger charge is 2.07. The number of benzene rings is 1. The van der Waals surface area contributed by atoms with E-state index in [-0.39, 0.29) is 18.3 Å². The number of rotatable bonds is 4. The predicted octanol–water partition coefficient (Wildman–Crippen LogP) is 3.21. The third-order valence-corrected chi connectivity index (χ3v) is 3.33. The van der Waals surface area contributed by atoms with E-state index in [0.717, 1.165) is 11.3 Å². The van der Waals surface area contributed by atoms with Crippen LogP contribution in [-0.2, 0) is 6.54 Å². The van der Waals surface area contributed by atoms with Gasteiger partial charge < -0.3 is 5.32 Å². The average Bonchev–Trinajstić information content (AvgIpc) is 2.61. The van der Waals surface area contributed by atoms with E-state index >= 15 is 0 Å². The summed E-state index contributed by atoms with van der Waals surface area (Å²) in [4.78, 5) is 20.4.